The van der Waals surface area contributed by atoms with Crippen molar-refractivity contribution in [2.24, 2.45) is 0 Å². The first kappa shape index (κ1) is 27.7. The van der Waals surface area contributed by atoms with Crippen molar-refractivity contribution in [3.05, 3.63) is 27.8 Å². The van der Waals surface area contributed by atoms with Gasteiger partial charge in [0.15, 0.2) is 11.5 Å². The van der Waals surface area contributed by atoms with Gasteiger partial charge in [0, 0.05) is 24.5 Å². The second-order valence-electron chi connectivity index (χ2n) is 7.72. The van der Waals surface area contributed by atoms with E-state index in [1.165, 1.54) is 19.2 Å². The van der Waals surface area contributed by atoms with Crippen LogP contribution in [0.25, 0.3) is 0 Å². The molecule has 2 rings (SSSR count). The summed E-state index contributed by atoms with van der Waals surface area (Å²) >= 11 is 5.07. The lowest BCUT2D eigenvalue weighted by Crippen LogP contribution is -2.43. The highest BCUT2D eigenvalue weighted by molar-refractivity contribution is 9.09. The number of benzene rings is 1. The number of likely N-dealkylation sites (tertiary alicyclic amines) is 1. The summed E-state index contributed by atoms with van der Waals surface area (Å²) in [5.41, 5.74) is -0.401. The number of hydrogen-bond acceptors (Lipinski definition) is 7. The van der Waals surface area contributed by atoms with Gasteiger partial charge in [-0.1, -0.05) is 35.7 Å². The van der Waals surface area contributed by atoms with Crippen LogP contribution in [0.4, 0.5) is 5.69 Å². The SMILES string of the molecule is CCOC(SCC)[C@@H]1CCCN1C(=O)c1cc(OC)c(OCCCCCCBr)cc1[N+](=O)[O-]. The lowest BCUT2D eigenvalue weighted by Gasteiger charge is -2.31. The van der Waals surface area contributed by atoms with Gasteiger partial charge in [-0.3, -0.25) is 14.9 Å². The van der Waals surface area contributed by atoms with Gasteiger partial charge in [0.1, 0.15) is 11.0 Å². The van der Waals surface area contributed by atoms with E-state index in [4.69, 9.17) is 14.2 Å². The number of nitro benzene ring substituents is 1. The number of carbonyl (C=O) groups excluding carboxylic acids is 1. The smallest absolute Gasteiger partial charge is 0.286 e. The van der Waals surface area contributed by atoms with Crippen molar-refractivity contribution in [2.75, 3.05) is 38.0 Å². The number of amides is 1. The van der Waals surface area contributed by atoms with Crippen molar-refractivity contribution in [1.82, 2.24) is 4.90 Å². The Bertz CT molecular complexity index is 776. The predicted molar refractivity (Wildman–Crippen MR) is 135 cm³/mol. The monoisotopic (exact) mass is 546 g/mol. The Kier molecular flexibility index (Phi) is 12.3. The third-order valence-electron chi connectivity index (χ3n) is 5.53. The molecule has 2 atom stereocenters. The summed E-state index contributed by atoms with van der Waals surface area (Å²) in [5.74, 6) is 1.10. The molecule has 0 aromatic heterocycles. The highest BCUT2D eigenvalue weighted by Gasteiger charge is 2.38. The van der Waals surface area contributed by atoms with Gasteiger partial charge >= 0.3 is 0 Å². The molecule has 8 nitrogen and oxygen atoms in total. The zero-order valence-corrected chi connectivity index (χ0v) is 22.1. The summed E-state index contributed by atoms with van der Waals surface area (Å²) in [7, 11) is 1.47. The Labute approximate surface area is 209 Å². The van der Waals surface area contributed by atoms with E-state index in [2.05, 4.69) is 15.9 Å². The number of nitro groups is 1. The second-order valence-corrected chi connectivity index (χ2v) is 9.88. The molecule has 0 N–H and O–H groups in total. The summed E-state index contributed by atoms with van der Waals surface area (Å²) in [6.07, 6.45) is 5.70. The number of rotatable bonds is 15. The van der Waals surface area contributed by atoms with E-state index in [-0.39, 0.29) is 34.4 Å². The third-order valence-corrected chi connectivity index (χ3v) is 7.20. The van der Waals surface area contributed by atoms with Crippen LogP contribution >= 0.6 is 27.7 Å². The number of alkyl halides is 1. The van der Waals surface area contributed by atoms with Crippen molar-refractivity contribution in [1.29, 1.82) is 0 Å². The highest BCUT2D eigenvalue weighted by Crippen LogP contribution is 2.37. The molecule has 0 spiro atoms. The minimum Gasteiger partial charge on any atom is -0.493 e. The van der Waals surface area contributed by atoms with Crippen molar-refractivity contribution >= 4 is 39.3 Å². The van der Waals surface area contributed by atoms with Gasteiger partial charge in [-0.25, -0.2) is 0 Å². The molecular weight excluding hydrogens is 512 g/mol. The fourth-order valence-corrected chi connectivity index (χ4v) is 5.42. The molecule has 186 valence electrons. The fraction of sp³-hybridized carbons (Fsp3) is 0.696. The Balaban J connectivity index is 2.25. The first-order valence-corrected chi connectivity index (χ1v) is 13.7. The number of methoxy groups -OCH3 is 1. The quantitative estimate of drug-likeness (QED) is 0.0921. The van der Waals surface area contributed by atoms with Gasteiger partial charge in [0.25, 0.3) is 11.6 Å². The highest BCUT2D eigenvalue weighted by atomic mass is 79.9. The molecule has 1 aromatic carbocycles. The van der Waals surface area contributed by atoms with Gasteiger partial charge in [-0.15, -0.1) is 11.8 Å². The van der Waals surface area contributed by atoms with Crippen molar-refractivity contribution < 1.29 is 23.9 Å². The largest absolute Gasteiger partial charge is 0.493 e. The summed E-state index contributed by atoms with van der Waals surface area (Å²) < 4.78 is 17.1. The van der Waals surface area contributed by atoms with Crippen molar-refractivity contribution in [2.45, 2.75) is 63.9 Å². The maximum atomic E-state index is 13.5. The molecule has 1 aromatic rings. The van der Waals surface area contributed by atoms with Gasteiger partial charge in [0.2, 0.25) is 0 Å². The average molecular weight is 548 g/mol. The number of carbonyl (C=O) groups is 1. The molecule has 1 amide bonds. The predicted octanol–water partition coefficient (Wildman–Crippen LogP) is 5.66. The van der Waals surface area contributed by atoms with Crippen molar-refractivity contribution in [3.63, 3.8) is 0 Å². The van der Waals surface area contributed by atoms with Gasteiger partial charge in [-0.2, -0.15) is 0 Å². The van der Waals surface area contributed by atoms with Crippen LogP contribution in [0.15, 0.2) is 12.1 Å². The summed E-state index contributed by atoms with van der Waals surface area (Å²) in [6.45, 7) is 5.51. The number of halogens is 1. The topological polar surface area (TPSA) is 91.1 Å². The molecule has 0 bridgehead atoms. The summed E-state index contributed by atoms with van der Waals surface area (Å²) in [6, 6.07) is 2.64. The zero-order valence-electron chi connectivity index (χ0n) is 19.7. The van der Waals surface area contributed by atoms with Crippen LogP contribution in [0.3, 0.4) is 0 Å². The average Bonchev–Trinajstić information content (AvgIpc) is 3.30. The molecule has 0 radical (unpaired) electrons. The van der Waals surface area contributed by atoms with Crippen molar-refractivity contribution in [3.8, 4) is 11.5 Å². The number of hydrogen-bond donors (Lipinski definition) is 0. The molecule has 1 fully saturated rings. The van der Waals surface area contributed by atoms with E-state index in [1.807, 2.05) is 13.8 Å². The molecule has 1 aliphatic rings. The van der Waals surface area contributed by atoms with Crippen LogP contribution in [0.2, 0.25) is 0 Å². The lowest BCUT2D eigenvalue weighted by molar-refractivity contribution is -0.385. The number of ether oxygens (including phenoxy) is 3. The van der Waals surface area contributed by atoms with Crippen LogP contribution in [-0.2, 0) is 4.74 Å². The number of thioether (sulfide) groups is 1. The Morgan fingerprint density at radius 3 is 2.67 bits per heavy atom. The molecule has 0 aliphatic carbocycles. The molecule has 1 saturated heterocycles. The molecule has 1 heterocycles. The van der Waals surface area contributed by atoms with Crippen LogP contribution in [0.5, 0.6) is 11.5 Å². The second kappa shape index (κ2) is 14.7. The molecule has 0 saturated carbocycles. The molecule has 10 heteroatoms. The summed E-state index contributed by atoms with van der Waals surface area (Å²) in [4.78, 5) is 26.6. The molecular formula is C23H35BrN2O6S. The Hall–Kier alpha value is -1.52. The Morgan fingerprint density at radius 2 is 2.03 bits per heavy atom. The number of nitrogens with zero attached hydrogens (tertiary/aromatic N) is 2. The van der Waals surface area contributed by atoms with Crippen LogP contribution < -0.4 is 9.47 Å². The molecule has 1 unspecified atom stereocenters. The van der Waals surface area contributed by atoms with Gasteiger partial charge in [-0.05, 0) is 38.4 Å². The normalized spacial score (nSPS) is 16.6. The van der Waals surface area contributed by atoms with E-state index in [9.17, 15) is 14.9 Å². The fourth-order valence-electron chi connectivity index (χ4n) is 3.96. The minimum absolute atomic E-state index is 0.0187. The van der Waals surface area contributed by atoms with Crippen LogP contribution in [-0.4, -0.2) is 65.2 Å². The van der Waals surface area contributed by atoms with Gasteiger partial charge < -0.3 is 19.1 Å². The maximum absolute atomic E-state index is 13.5. The van der Waals surface area contributed by atoms with Gasteiger partial charge in [0.05, 0.1) is 30.7 Å². The number of unbranched alkanes of at least 4 members (excludes halogenated alkanes) is 3. The van der Waals surface area contributed by atoms with E-state index >= 15 is 0 Å². The third kappa shape index (κ3) is 7.75. The maximum Gasteiger partial charge on any atom is 0.286 e. The van der Waals surface area contributed by atoms with E-state index in [0.29, 0.717) is 25.5 Å². The van der Waals surface area contributed by atoms with E-state index in [0.717, 1.165) is 49.6 Å². The lowest BCUT2D eigenvalue weighted by atomic mass is 10.1. The first-order valence-electron chi connectivity index (χ1n) is 11.6. The van der Waals surface area contributed by atoms with Crippen LogP contribution in [0, 0.1) is 10.1 Å². The standard InChI is InChI=1S/C23H35BrN2O6S/c1-4-31-23(33-5-2)18-11-10-13-25(18)22(27)17-15-20(30-3)21(16-19(17)26(28)29)32-14-9-7-6-8-12-24/h15-16,18,23H,4-14H2,1-3H3/t18-,23?/m0/s1. The molecule has 33 heavy (non-hydrogen) atoms. The minimum atomic E-state index is -0.526. The summed E-state index contributed by atoms with van der Waals surface area (Å²) in [5, 5.41) is 12.8. The van der Waals surface area contributed by atoms with E-state index < -0.39 is 4.92 Å². The molecule has 1 aliphatic heterocycles. The Morgan fingerprint density at radius 1 is 1.27 bits per heavy atom. The van der Waals surface area contributed by atoms with E-state index in [1.54, 1.807) is 16.7 Å². The zero-order chi connectivity index (χ0) is 24.2. The van der Waals surface area contributed by atoms with Crippen LogP contribution in [0.1, 0.15) is 62.7 Å². The first-order chi connectivity index (χ1) is 16.0.